The van der Waals surface area contributed by atoms with Crippen LogP contribution in [-0.2, 0) is 0 Å². The van der Waals surface area contributed by atoms with Crippen LogP contribution in [-0.4, -0.2) is 28.3 Å². The van der Waals surface area contributed by atoms with E-state index in [2.05, 4.69) is 15.5 Å². The molecule has 5 aromatic rings. The number of carbonyl (C=O) groups excluding carboxylic acids is 2. The summed E-state index contributed by atoms with van der Waals surface area (Å²) < 4.78 is 2.05. The Kier molecular flexibility index (Phi) is 3.98. The van der Waals surface area contributed by atoms with E-state index in [1.165, 1.54) is 11.9 Å². The molecule has 6 rings (SSSR count). The molecule has 0 fully saturated rings. The number of hydrogen-bond donors (Lipinski definition) is 0. The third-order valence-electron chi connectivity index (χ3n) is 6.35. The number of hydrogen-bond acceptors (Lipinski definition) is 2. The van der Waals surface area contributed by atoms with Crippen molar-refractivity contribution in [3.8, 4) is 16.8 Å². The molecule has 5 heteroatoms. The molecule has 2 heterocycles. The second kappa shape index (κ2) is 6.91. The minimum atomic E-state index is -0.300. The molecular weight excluding hydrogens is 410 g/mol. The standard InChI is InChI=1S/C28H17N3O2/c1-29-21-13-5-3-9-17(21)18-11-7-15-23-25(18)19-10-4-6-14-22(19)31(23)24-16-8-12-20-26(24)28(33)30(2)27(20)32/h3-16H,2H3. The van der Waals surface area contributed by atoms with Crippen LogP contribution < -0.4 is 0 Å². The summed E-state index contributed by atoms with van der Waals surface area (Å²) in [6, 6.07) is 27.0. The third-order valence-corrected chi connectivity index (χ3v) is 6.35. The molecule has 2 amide bonds. The van der Waals surface area contributed by atoms with E-state index in [0.29, 0.717) is 22.5 Å². The predicted octanol–water partition coefficient (Wildman–Crippen LogP) is 6.23. The van der Waals surface area contributed by atoms with Gasteiger partial charge in [-0.3, -0.25) is 14.5 Å². The van der Waals surface area contributed by atoms with Gasteiger partial charge in [-0.25, -0.2) is 4.85 Å². The largest absolute Gasteiger partial charge is 0.308 e. The van der Waals surface area contributed by atoms with Crippen molar-refractivity contribution in [1.82, 2.24) is 9.47 Å². The number of amides is 2. The first-order valence-electron chi connectivity index (χ1n) is 10.6. The Morgan fingerprint density at radius 2 is 1.36 bits per heavy atom. The predicted molar refractivity (Wildman–Crippen MR) is 129 cm³/mol. The van der Waals surface area contributed by atoms with Crippen LogP contribution in [0.15, 0.2) is 84.9 Å². The van der Waals surface area contributed by atoms with E-state index in [4.69, 9.17) is 6.57 Å². The second-order valence-electron chi connectivity index (χ2n) is 8.05. The first-order chi connectivity index (χ1) is 16.1. The lowest BCUT2D eigenvalue weighted by Crippen LogP contribution is -2.24. The Morgan fingerprint density at radius 1 is 0.697 bits per heavy atom. The van der Waals surface area contributed by atoms with Gasteiger partial charge < -0.3 is 4.57 Å². The van der Waals surface area contributed by atoms with Gasteiger partial charge in [0.15, 0.2) is 5.69 Å². The second-order valence-corrected chi connectivity index (χ2v) is 8.05. The zero-order valence-corrected chi connectivity index (χ0v) is 17.7. The summed E-state index contributed by atoms with van der Waals surface area (Å²) in [4.78, 5) is 30.6. The van der Waals surface area contributed by atoms with E-state index < -0.39 is 0 Å². The van der Waals surface area contributed by atoms with Gasteiger partial charge >= 0.3 is 0 Å². The van der Waals surface area contributed by atoms with Gasteiger partial charge in [-0.15, -0.1) is 0 Å². The van der Waals surface area contributed by atoms with E-state index in [1.54, 1.807) is 6.07 Å². The number of aromatic nitrogens is 1. The highest BCUT2D eigenvalue weighted by Gasteiger charge is 2.35. The van der Waals surface area contributed by atoms with E-state index in [1.807, 2.05) is 72.8 Å². The molecule has 5 nitrogen and oxygen atoms in total. The molecule has 0 N–H and O–H groups in total. The van der Waals surface area contributed by atoms with Crippen molar-refractivity contribution in [1.29, 1.82) is 0 Å². The number of imide groups is 1. The summed E-state index contributed by atoms with van der Waals surface area (Å²) in [6.07, 6.45) is 0. The average Bonchev–Trinajstić information content (AvgIpc) is 3.31. The summed E-state index contributed by atoms with van der Waals surface area (Å²) >= 11 is 0. The Bertz CT molecular complexity index is 1690. The van der Waals surface area contributed by atoms with Gasteiger partial charge in [-0.2, -0.15) is 0 Å². The molecule has 0 saturated heterocycles. The summed E-state index contributed by atoms with van der Waals surface area (Å²) in [5.74, 6) is -0.588. The number of carbonyl (C=O) groups is 2. The monoisotopic (exact) mass is 427 g/mol. The average molecular weight is 427 g/mol. The molecule has 1 aromatic heterocycles. The molecular formula is C28H17N3O2. The van der Waals surface area contributed by atoms with Crippen LogP contribution in [0.5, 0.6) is 0 Å². The first kappa shape index (κ1) is 19.0. The van der Waals surface area contributed by atoms with Gasteiger partial charge in [0.25, 0.3) is 11.8 Å². The van der Waals surface area contributed by atoms with Crippen LogP contribution in [0.2, 0.25) is 0 Å². The Balaban J connectivity index is 1.77. The van der Waals surface area contributed by atoms with Crippen molar-refractivity contribution in [2.45, 2.75) is 0 Å². The number of rotatable bonds is 2. The van der Waals surface area contributed by atoms with Crippen molar-refractivity contribution in [3.63, 3.8) is 0 Å². The Hall–Kier alpha value is -4.69. The molecule has 0 radical (unpaired) electrons. The lowest BCUT2D eigenvalue weighted by Gasteiger charge is -2.12. The molecule has 0 saturated carbocycles. The fraction of sp³-hybridized carbons (Fsp3) is 0.0357. The quantitative estimate of drug-likeness (QED) is 0.248. The van der Waals surface area contributed by atoms with Crippen LogP contribution in [0.4, 0.5) is 5.69 Å². The van der Waals surface area contributed by atoms with Crippen molar-refractivity contribution in [3.05, 3.63) is 107 Å². The topological polar surface area (TPSA) is 46.7 Å². The van der Waals surface area contributed by atoms with Gasteiger partial charge in [-0.1, -0.05) is 60.7 Å². The molecule has 4 aromatic carbocycles. The van der Waals surface area contributed by atoms with E-state index in [9.17, 15) is 9.59 Å². The van der Waals surface area contributed by atoms with Crippen LogP contribution >= 0.6 is 0 Å². The van der Waals surface area contributed by atoms with Gasteiger partial charge in [0.2, 0.25) is 0 Å². The maximum atomic E-state index is 13.0. The van der Waals surface area contributed by atoms with Crippen LogP contribution in [0, 0.1) is 6.57 Å². The molecule has 156 valence electrons. The van der Waals surface area contributed by atoms with Gasteiger partial charge in [0, 0.05) is 17.8 Å². The lowest BCUT2D eigenvalue weighted by atomic mass is 9.98. The Morgan fingerprint density at radius 3 is 2.21 bits per heavy atom. The van der Waals surface area contributed by atoms with Crippen molar-refractivity contribution < 1.29 is 9.59 Å². The van der Waals surface area contributed by atoms with E-state index in [0.717, 1.165) is 32.9 Å². The summed E-state index contributed by atoms with van der Waals surface area (Å²) in [6.45, 7) is 7.63. The highest BCUT2D eigenvalue weighted by Crippen LogP contribution is 2.42. The molecule has 1 aliphatic heterocycles. The van der Waals surface area contributed by atoms with Crippen molar-refractivity contribution >= 4 is 39.3 Å². The first-order valence-corrected chi connectivity index (χ1v) is 10.6. The lowest BCUT2D eigenvalue weighted by molar-refractivity contribution is 0.0693. The smallest absolute Gasteiger partial charge is 0.263 e. The summed E-state index contributed by atoms with van der Waals surface area (Å²) in [7, 11) is 1.51. The normalized spacial score (nSPS) is 13.0. The molecule has 1 aliphatic rings. The van der Waals surface area contributed by atoms with Gasteiger partial charge in [-0.05, 0) is 35.4 Å². The minimum Gasteiger partial charge on any atom is -0.308 e. The van der Waals surface area contributed by atoms with E-state index >= 15 is 0 Å². The van der Waals surface area contributed by atoms with Crippen molar-refractivity contribution in [2.24, 2.45) is 0 Å². The number of nitrogens with zero attached hydrogens (tertiary/aromatic N) is 3. The summed E-state index contributed by atoms with van der Waals surface area (Å²) in [5.41, 5.74) is 5.77. The molecule has 0 bridgehead atoms. The number of benzene rings is 4. The third kappa shape index (κ3) is 2.52. The van der Waals surface area contributed by atoms with Gasteiger partial charge in [0.05, 0.1) is 34.4 Å². The molecule has 0 unspecified atom stereocenters. The Labute approximate surface area is 189 Å². The number of fused-ring (bicyclic) bond motifs is 4. The zero-order chi connectivity index (χ0) is 22.7. The minimum absolute atomic E-state index is 0.288. The zero-order valence-electron chi connectivity index (χ0n) is 17.7. The molecule has 0 atom stereocenters. The maximum Gasteiger partial charge on any atom is 0.263 e. The fourth-order valence-electron chi connectivity index (χ4n) is 4.87. The van der Waals surface area contributed by atoms with Crippen LogP contribution in [0.1, 0.15) is 20.7 Å². The highest BCUT2D eigenvalue weighted by molar-refractivity contribution is 6.24. The fourth-order valence-corrected chi connectivity index (χ4v) is 4.87. The highest BCUT2D eigenvalue weighted by atomic mass is 16.2. The van der Waals surface area contributed by atoms with Crippen molar-refractivity contribution in [2.75, 3.05) is 7.05 Å². The van der Waals surface area contributed by atoms with Crippen LogP contribution in [0.25, 0.3) is 43.5 Å². The molecule has 33 heavy (non-hydrogen) atoms. The van der Waals surface area contributed by atoms with E-state index in [-0.39, 0.29) is 11.8 Å². The maximum absolute atomic E-state index is 13.0. The summed E-state index contributed by atoms with van der Waals surface area (Å²) in [5, 5.41) is 2.03. The number of para-hydroxylation sites is 2. The van der Waals surface area contributed by atoms with Gasteiger partial charge in [0.1, 0.15) is 0 Å². The van der Waals surface area contributed by atoms with Crippen LogP contribution in [0.3, 0.4) is 0 Å². The SMILES string of the molecule is [C-]#[N+]c1ccccc1-c1cccc2c1c1ccccc1n2-c1cccc2c1C(=O)N(C)C2=O. The molecule has 0 aliphatic carbocycles. The molecule has 0 spiro atoms.